The van der Waals surface area contributed by atoms with Gasteiger partial charge in [0.2, 0.25) is 0 Å². The van der Waals surface area contributed by atoms with Crippen LogP contribution in [0.2, 0.25) is 0 Å². The monoisotopic (exact) mass is 213 g/mol. The molecule has 1 heterocycles. The number of carboxylic acids is 1. The number of rotatable bonds is 4. The lowest BCUT2D eigenvalue weighted by Gasteiger charge is -2.09. The van der Waals surface area contributed by atoms with Crippen molar-refractivity contribution in [2.45, 2.75) is 13.0 Å². The minimum Gasteiger partial charge on any atom is -0.480 e. The van der Waals surface area contributed by atoms with Gasteiger partial charge in [-0.3, -0.25) is 9.89 Å². The van der Waals surface area contributed by atoms with Crippen LogP contribution in [0.1, 0.15) is 16.2 Å². The molecule has 82 valence electrons. The van der Waals surface area contributed by atoms with E-state index in [1.807, 2.05) is 0 Å². The third-order valence-electron chi connectivity index (χ3n) is 1.72. The van der Waals surface area contributed by atoms with Crippen molar-refractivity contribution in [3.8, 4) is 0 Å². The van der Waals surface area contributed by atoms with E-state index < -0.39 is 24.5 Å². The summed E-state index contributed by atoms with van der Waals surface area (Å²) >= 11 is 0. The van der Waals surface area contributed by atoms with Crippen molar-refractivity contribution < 1.29 is 19.8 Å². The number of aromatic nitrogens is 2. The number of aliphatic hydroxyl groups is 1. The lowest BCUT2D eigenvalue weighted by molar-refractivity contribution is -0.140. The molecule has 0 aliphatic rings. The Bertz CT molecular complexity index is 374. The maximum absolute atomic E-state index is 11.4. The lowest BCUT2D eigenvalue weighted by atomic mass is 10.3. The Morgan fingerprint density at radius 3 is 2.73 bits per heavy atom. The first-order chi connectivity index (χ1) is 7.04. The van der Waals surface area contributed by atoms with Crippen molar-refractivity contribution in [1.82, 2.24) is 15.5 Å². The van der Waals surface area contributed by atoms with Crippen LogP contribution in [0, 0.1) is 6.92 Å². The minimum atomic E-state index is -1.31. The molecule has 0 aliphatic heterocycles. The highest BCUT2D eigenvalue weighted by Gasteiger charge is 2.20. The third-order valence-corrected chi connectivity index (χ3v) is 1.72. The van der Waals surface area contributed by atoms with E-state index in [0.717, 1.165) is 0 Å². The summed E-state index contributed by atoms with van der Waals surface area (Å²) in [5.41, 5.74) is 0.781. The van der Waals surface area contributed by atoms with E-state index in [0.29, 0.717) is 5.69 Å². The number of aliphatic hydroxyl groups excluding tert-OH is 1. The van der Waals surface area contributed by atoms with E-state index in [1.165, 1.54) is 6.07 Å². The fourth-order valence-corrected chi connectivity index (χ4v) is 0.952. The summed E-state index contributed by atoms with van der Waals surface area (Å²) in [5.74, 6) is -1.93. The zero-order valence-electron chi connectivity index (χ0n) is 8.02. The van der Waals surface area contributed by atoms with Crippen molar-refractivity contribution in [2.24, 2.45) is 0 Å². The van der Waals surface area contributed by atoms with Crippen molar-refractivity contribution in [1.29, 1.82) is 0 Å². The number of amides is 1. The number of hydrogen-bond acceptors (Lipinski definition) is 4. The van der Waals surface area contributed by atoms with Crippen molar-refractivity contribution in [3.05, 3.63) is 17.5 Å². The second-order valence-electron chi connectivity index (χ2n) is 2.98. The summed E-state index contributed by atoms with van der Waals surface area (Å²) < 4.78 is 0. The first kappa shape index (κ1) is 11.2. The van der Waals surface area contributed by atoms with Crippen LogP contribution in [0.4, 0.5) is 0 Å². The molecule has 0 saturated heterocycles. The van der Waals surface area contributed by atoms with Crippen LogP contribution in [-0.4, -0.2) is 44.9 Å². The second-order valence-corrected chi connectivity index (χ2v) is 2.98. The van der Waals surface area contributed by atoms with E-state index in [4.69, 9.17) is 10.2 Å². The van der Waals surface area contributed by atoms with Gasteiger partial charge in [-0.1, -0.05) is 0 Å². The molecule has 0 fully saturated rings. The number of aromatic amines is 1. The number of aryl methyl sites for hydroxylation is 1. The number of carbonyl (C=O) groups is 2. The Balaban J connectivity index is 2.66. The molecule has 1 rings (SSSR count). The van der Waals surface area contributed by atoms with Crippen molar-refractivity contribution >= 4 is 11.9 Å². The van der Waals surface area contributed by atoms with Crippen LogP contribution in [-0.2, 0) is 4.79 Å². The second kappa shape index (κ2) is 4.56. The molecule has 0 saturated carbocycles. The van der Waals surface area contributed by atoms with Gasteiger partial charge in [-0.15, -0.1) is 0 Å². The SMILES string of the molecule is Cc1cc(C(=O)NC(CO)C(=O)O)n[nH]1. The smallest absolute Gasteiger partial charge is 0.328 e. The molecule has 15 heavy (non-hydrogen) atoms. The largest absolute Gasteiger partial charge is 0.480 e. The number of carboxylic acid groups (broad SMARTS) is 1. The van der Waals surface area contributed by atoms with Crippen LogP contribution in [0.3, 0.4) is 0 Å². The normalized spacial score (nSPS) is 12.1. The van der Waals surface area contributed by atoms with E-state index in [-0.39, 0.29) is 5.69 Å². The summed E-state index contributed by atoms with van der Waals surface area (Å²) in [6.45, 7) is 1.05. The van der Waals surface area contributed by atoms with E-state index >= 15 is 0 Å². The first-order valence-corrected chi connectivity index (χ1v) is 4.21. The van der Waals surface area contributed by atoms with Crippen LogP contribution in [0.25, 0.3) is 0 Å². The molecule has 0 spiro atoms. The van der Waals surface area contributed by atoms with Crippen molar-refractivity contribution in [3.63, 3.8) is 0 Å². The van der Waals surface area contributed by atoms with Gasteiger partial charge in [-0.2, -0.15) is 5.10 Å². The predicted molar refractivity (Wildman–Crippen MR) is 49.3 cm³/mol. The van der Waals surface area contributed by atoms with Gasteiger partial charge in [0.05, 0.1) is 6.61 Å². The first-order valence-electron chi connectivity index (χ1n) is 4.21. The van der Waals surface area contributed by atoms with Gasteiger partial charge in [0, 0.05) is 5.69 Å². The molecule has 0 aliphatic carbocycles. The number of aliphatic carboxylic acids is 1. The summed E-state index contributed by atoms with van der Waals surface area (Å²) in [5, 5.41) is 25.6. The van der Waals surface area contributed by atoms with Gasteiger partial charge in [0.25, 0.3) is 5.91 Å². The molecule has 1 aromatic rings. The topological polar surface area (TPSA) is 115 Å². The Morgan fingerprint density at radius 2 is 2.33 bits per heavy atom. The third kappa shape index (κ3) is 2.78. The Morgan fingerprint density at radius 1 is 1.67 bits per heavy atom. The molecule has 0 radical (unpaired) electrons. The Hall–Kier alpha value is -1.89. The van der Waals surface area contributed by atoms with Crippen LogP contribution < -0.4 is 5.32 Å². The van der Waals surface area contributed by atoms with Crippen LogP contribution >= 0.6 is 0 Å². The molecule has 7 heteroatoms. The maximum Gasteiger partial charge on any atom is 0.328 e. The zero-order valence-corrected chi connectivity index (χ0v) is 8.02. The molecule has 7 nitrogen and oxygen atoms in total. The Labute approximate surface area is 85.1 Å². The van der Waals surface area contributed by atoms with Crippen LogP contribution in [0.5, 0.6) is 0 Å². The highest BCUT2D eigenvalue weighted by Crippen LogP contribution is 1.98. The highest BCUT2D eigenvalue weighted by atomic mass is 16.4. The summed E-state index contributed by atoms with van der Waals surface area (Å²) in [6.07, 6.45) is 0. The number of hydrogen-bond donors (Lipinski definition) is 4. The fraction of sp³-hybridized carbons (Fsp3) is 0.375. The predicted octanol–water partition coefficient (Wildman–Crippen LogP) is -1.11. The molecule has 1 aromatic heterocycles. The summed E-state index contributed by atoms with van der Waals surface area (Å²) in [7, 11) is 0. The minimum absolute atomic E-state index is 0.0900. The van der Waals surface area contributed by atoms with Crippen molar-refractivity contribution in [2.75, 3.05) is 6.61 Å². The number of carbonyl (C=O) groups excluding carboxylic acids is 1. The molecule has 1 atom stereocenters. The standard InChI is InChI=1S/C8H11N3O4/c1-4-2-5(11-10-4)7(13)9-6(3-12)8(14)15/h2,6,12H,3H2,1H3,(H,9,13)(H,10,11)(H,14,15). The van der Waals surface area contributed by atoms with E-state index in [1.54, 1.807) is 6.92 Å². The Kier molecular flexibility index (Phi) is 3.40. The molecule has 0 aromatic carbocycles. The number of H-pyrrole nitrogens is 1. The average molecular weight is 213 g/mol. The van der Waals surface area contributed by atoms with Gasteiger partial charge < -0.3 is 15.5 Å². The van der Waals surface area contributed by atoms with Gasteiger partial charge in [-0.25, -0.2) is 4.79 Å². The molecule has 4 N–H and O–H groups in total. The molecule has 0 bridgehead atoms. The zero-order chi connectivity index (χ0) is 11.4. The number of nitrogens with one attached hydrogen (secondary N) is 2. The van der Waals surface area contributed by atoms with E-state index in [9.17, 15) is 9.59 Å². The highest BCUT2D eigenvalue weighted by molar-refractivity contribution is 5.95. The van der Waals surface area contributed by atoms with E-state index in [2.05, 4.69) is 15.5 Å². The molecule has 1 unspecified atom stereocenters. The van der Waals surface area contributed by atoms with Gasteiger partial charge >= 0.3 is 5.97 Å². The maximum atomic E-state index is 11.4. The van der Waals surface area contributed by atoms with Gasteiger partial charge in [-0.05, 0) is 13.0 Å². The molecular weight excluding hydrogens is 202 g/mol. The van der Waals surface area contributed by atoms with Gasteiger partial charge in [0.15, 0.2) is 6.04 Å². The fourth-order valence-electron chi connectivity index (χ4n) is 0.952. The summed E-state index contributed by atoms with van der Waals surface area (Å²) in [6, 6.07) is 0.167. The van der Waals surface area contributed by atoms with Crippen LogP contribution in [0.15, 0.2) is 6.07 Å². The number of nitrogens with zero attached hydrogens (tertiary/aromatic N) is 1. The quantitative estimate of drug-likeness (QED) is 0.506. The molecule has 1 amide bonds. The molecular formula is C8H11N3O4. The van der Waals surface area contributed by atoms with Gasteiger partial charge in [0.1, 0.15) is 5.69 Å². The average Bonchev–Trinajstić information content (AvgIpc) is 2.60. The summed E-state index contributed by atoms with van der Waals surface area (Å²) in [4.78, 5) is 21.9. The lowest BCUT2D eigenvalue weighted by Crippen LogP contribution is -2.43.